The van der Waals surface area contributed by atoms with Gasteiger partial charge in [-0.3, -0.25) is 9.35 Å². The summed E-state index contributed by atoms with van der Waals surface area (Å²) in [6, 6.07) is 13.9. The molecule has 4 rings (SSSR count). The van der Waals surface area contributed by atoms with Gasteiger partial charge in [-0.25, -0.2) is 9.37 Å². The summed E-state index contributed by atoms with van der Waals surface area (Å²) in [6.45, 7) is 4.66. The minimum absolute atomic E-state index is 0.232. The van der Waals surface area contributed by atoms with E-state index in [2.05, 4.69) is 10.3 Å². The monoisotopic (exact) mass is 497 g/mol. The molecule has 2 aromatic carbocycles. The molecule has 1 aliphatic heterocycles. The maximum Gasteiger partial charge on any atom is 0.312 e. The lowest BCUT2D eigenvalue weighted by molar-refractivity contribution is 0.0713. The Kier molecular flexibility index (Phi) is 7.18. The van der Waals surface area contributed by atoms with Crippen LogP contribution in [0.25, 0.3) is 0 Å². The molecule has 0 bridgehead atoms. The molecule has 0 saturated carbocycles. The Hall–Kier alpha value is -3.30. The second-order valence-electron chi connectivity index (χ2n) is 8.72. The zero-order valence-electron chi connectivity index (χ0n) is 19.7. The number of benzene rings is 2. The van der Waals surface area contributed by atoms with Gasteiger partial charge in [-0.1, -0.05) is 37.3 Å². The molecule has 1 fully saturated rings. The molecule has 1 amide bonds. The van der Waals surface area contributed by atoms with Crippen molar-refractivity contribution in [3.05, 3.63) is 82.8 Å². The van der Waals surface area contributed by atoms with Crippen molar-refractivity contribution in [3.63, 3.8) is 0 Å². The zero-order chi connectivity index (χ0) is 25.2. The first-order chi connectivity index (χ1) is 16.7. The van der Waals surface area contributed by atoms with Crippen LogP contribution in [0.2, 0.25) is 0 Å². The first-order valence-corrected chi connectivity index (χ1v) is 13.0. The van der Waals surface area contributed by atoms with Crippen molar-refractivity contribution < 1.29 is 22.2 Å². The molecule has 184 valence electrons. The van der Waals surface area contributed by atoms with Crippen LogP contribution in [-0.4, -0.2) is 41.9 Å². The summed E-state index contributed by atoms with van der Waals surface area (Å²) in [5.41, 5.74) is 3.51. The Morgan fingerprint density at radius 2 is 1.80 bits per heavy atom. The number of carbonyl (C=O) groups is 1. The van der Waals surface area contributed by atoms with Crippen LogP contribution < -0.4 is 5.32 Å². The molecule has 1 saturated heterocycles. The van der Waals surface area contributed by atoms with Crippen LogP contribution in [0, 0.1) is 12.7 Å². The number of carbonyl (C=O) groups excluding carboxylic acids is 1. The molecule has 1 aromatic heterocycles. The summed E-state index contributed by atoms with van der Waals surface area (Å²) >= 11 is 0. The van der Waals surface area contributed by atoms with Crippen molar-refractivity contribution in [2.45, 2.75) is 44.1 Å². The molecule has 35 heavy (non-hydrogen) atoms. The van der Waals surface area contributed by atoms with E-state index in [1.165, 1.54) is 18.3 Å². The number of piperidine rings is 1. The summed E-state index contributed by atoms with van der Waals surface area (Å²) in [5.74, 6) is -0.305. The Morgan fingerprint density at radius 1 is 1.14 bits per heavy atom. The van der Waals surface area contributed by atoms with Gasteiger partial charge in [-0.2, -0.15) is 8.42 Å². The highest BCUT2D eigenvalue weighted by atomic mass is 32.2. The van der Waals surface area contributed by atoms with Crippen LogP contribution in [0.4, 0.5) is 15.8 Å². The number of para-hydroxylation sites is 1. The molecule has 1 aliphatic rings. The fourth-order valence-electron chi connectivity index (χ4n) is 4.56. The third-order valence-corrected chi connectivity index (χ3v) is 7.34. The molecule has 0 atom stereocenters. The number of aromatic nitrogens is 1. The van der Waals surface area contributed by atoms with Crippen LogP contribution in [0.1, 0.15) is 52.7 Å². The second-order valence-corrected chi connectivity index (χ2v) is 10.1. The number of pyridine rings is 1. The molecular weight excluding hydrogens is 469 g/mol. The van der Waals surface area contributed by atoms with E-state index in [4.69, 9.17) is 0 Å². The average Bonchev–Trinajstić information content (AvgIpc) is 2.84. The topological polar surface area (TPSA) is 99.6 Å². The van der Waals surface area contributed by atoms with Crippen molar-refractivity contribution >= 4 is 27.4 Å². The summed E-state index contributed by atoms with van der Waals surface area (Å²) in [7, 11) is -4.58. The van der Waals surface area contributed by atoms with Crippen LogP contribution in [0.15, 0.2) is 59.8 Å². The number of halogens is 1. The van der Waals surface area contributed by atoms with Crippen molar-refractivity contribution in [2.24, 2.45) is 0 Å². The van der Waals surface area contributed by atoms with Crippen LogP contribution in [0.3, 0.4) is 0 Å². The molecule has 0 radical (unpaired) electrons. The lowest BCUT2D eigenvalue weighted by Crippen LogP contribution is -2.38. The van der Waals surface area contributed by atoms with Crippen molar-refractivity contribution in [2.75, 3.05) is 18.4 Å². The van der Waals surface area contributed by atoms with Gasteiger partial charge < -0.3 is 10.2 Å². The van der Waals surface area contributed by atoms with Gasteiger partial charge in [-0.15, -0.1) is 0 Å². The highest BCUT2D eigenvalue weighted by Crippen LogP contribution is 2.34. The van der Waals surface area contributed by atoms with E-state index in [9.17, 15) is 22.2 Å². The molecule has 2 heterocycles. The Bertz CT molecular complexity index is 1340. The normalized spacial score (nSPS) is 14.7. The largest absolute Gasteiger partial charge is 0.354 e. The second kappa shape index (κ2) is 10.1. The first-order valence-electron chi connectivity index (χ1n) is 11.6. The molecule has 9 heteroatoms. The Balaban J connectivity index is 1.66. The van der Waals surface area contributed by atoms with E-state index in [0.29, 0.717) is 18.8 Å². The van der Waals surface area contributed by atoms with Crippen LogP contribution >= 0.6 is 0 Å². The fourth-order valence-corrected chi connectivity index (χ4v) is 5.30. The van der Waals surface area contributed by atoms with Gasteiger partial charge in [0.2, 0.25) is 0 Å². The van der Waals surface area contributed by atoms with Crippen molar-refractivity contribution in [1.82, 2.24) is 9.88 Å². The average molecular weight is 498 g/mol. The minimum Gasteiger partial charge on any atom is -0.354 e. The van der Waals surface area contributed by atoms with Crippen LogP contribution in [-0.2, 0) is 16.5 Å². The molecule has 0 aliphatic carbocycles. The van der Waals surface area contributed by atoms with Gasteiger partial charge >= 0.3 is 10.1 Å². The number of amides is 1. The third kappa shape index (κ3) is 5.36. The van der Waals surface area contributed by atoms with Gasteiger partial charge in [0.05, 0.1) is 11.3 Å². The van der Waals surface area contributed by atoms with Crippen molar-refractivity contribution in [1.29, 1.82) is 0 Å². The van der Waals surface area contributed by atoms with E-state index in [0.717, 1.165) is 29.7 Å². The number of nitrogens with zero attached hydrogens (tertiary/aromatic N) is 2. The number of nitrogens with one attached hydrogen (secondary N) is 1. The van der Waals surface area contributed by atoms with E-state index >= 15 is 0 Å². The SMILES string of the molecule is CCc1c(S(=O)(=O)O)ncc(C(=O)N2CCC(c3ccc(F)cc3)CC2)c1Nc1ccccc1C. The van der Waals surface area contributed by atoms with Crippen molar-refractivity contribution in [3.8, 4) is 0 Å². The maximum atomic E-state index is 13.6. The van der Waals surface area contributed by atoms with E-state index in [1.807, 2.05) is 31.2 Å². The van der Waals surface area contributed by atoms with Gasteiger partial charge in [0, 0.05) is 30.5 Å². The number of rotatable bonds is 6. The quantitative estimate of drug-likeness (QED) is 0.460. The summed E-state index contributed by atoms with van der Waals surface area (Å²) < 4.78 is 47.0. The lowest BCUT2D eigenvalue weighted by atomic mass is 9.89. The summed E-state index contributed by atoms with van der Waals surface area (Å²) in [5, 5.41) is 2.78. The Labute approximate surface area is 204 Å². The lowest BCUT2D eigenvalue weighted by Gasteiger charge is -2.33. The van der Waals surface area contributed by atoms with Gasteiger partial charge in [-0.05, 0) is 61.4 Å². The minimum atomic E-state index is -4.58. The highest BCUT2D eigenvalue weighted by molar-refractivity contribution is 7.85. The van der Waals surface area contributed by atoms with Gasteiger partial charge in [0.15, 0.2) is 5.03 Å². The number of aryl methyl sites for hydroxylation is 1. The van der Waals surface area contributed by atoms with Crippen LogP contribution in [0.5, 0.6) is 0 Å². The number of likely N-dealkylation sites (tertiary alicyclic amines) is 1. The molecule has 3 aromatic rings. The summed E-state index contributed by atoms with van der Waals surface area (Å²) in [4.78, 5) is 19.3. The predicted molar refractivity (Wildman–Crippen MR) is 132 cm³/mol. The standard InChI is InChI=1S/C26H28FN3O4S/c1-3-21-24(29-23-7-5-4-6-17(23)2)22(16-28-25(21)35(32,33)34)26(31)30-14-12-19(13-15-30)18-8-10-20(27)11-9-18/h4-11,16,19H,3,12-15H2,1-2H3,(H,28,29)(H,32,33,34). The number of hydrogen-bond donors (Lipinski definition) is 2. The molecule has 0 spiro atoms. The first kappa shape index (κ1) is 24.8. The van der Waals surface area contributed by atoms with E-state index < -0.39 is 15.1 Å². The highest BCUT2D eigenvalue weighted by Gasteiger charge is 2.30. The molecule has 2 N–H and O–H groups in total. The molecular formula is C26H28FN3O4S. The fraction of sp³-hybridized carbons (Fsp3) is 0.308. The third-order valence-electron chi connectivity index (χ3n) is 6.50. The predicted octanol–water partition coefficient (Wildman–Crippen LogP) is 5.10. The number of hydrogen-bond acceptors (Lipinski definition) is 5. The summed E-state index contributed by atoms with van der Waals surface area (Å²) in [6.07, 6.45) is 2.92. The van der Waals surface area contributed by atoms with E-state index in [-0.39, 0.29) is 35.2 Å². The zero-order valence-corrected chi connectivity index (χ0v) is 20.5. The van der Waals surface area contributed by atoms with Gasteiger partial charge in [0.25, 0.3) is 5.91 Å². The molecule has 7 nitrogen and oxygen atoms in total. The maximum absolute atomic E-state index is 13.6. The van der Waals surface area contributed by atoms with Gasteiger partial charge in [0.1, 0.15) is 5.82 Å². The smallest absolute Gasteiger partial charge is 0.312 e. The number of anilines is 2. The molecule has 0 unspecified atom stereocenters. The Morgan fingerprint density at radius 3 is 2.40 bits per heavy atom. The van der Waals surface area contributed by atoms with E-state index in [1.54, 1.807) is 24.0 Å².